The number of guanidine groups is 1. The Kier molecular flexibility index (Phi) is 8.61. The Balaban J connectivity index is 2.34. The number of nitrogens with one attached hydrogen (secondary N) is 1. The highest BCUT2D eigenvalue weighted by Crippen LogP contribution is 2.53. The third-order valence-corrected chi connectivity index (χ3v) is 18.6. The molecule has 2 aliphatic rings. The Morgan fingerprint density at radius 3 is 2.17 bits per heavy atom. The average molecular weight is 632 g/mol. The number of aromatic amines is 1. The number of H-pyrrole nitrogens is 1. The van der Waals surface area contributed by atoms with E-state index in [1.807, 2.05) is 47.0 Å². The lowest BCUT2D eigenvalue weighted by atomic mass is 9.89. The minimum atomic E-state index is -4.32. The van der Waals surface area contributed by atoms with Crippen LogP contribution in [0.5, 0.6) is 0 Å². The summed E-state index contributed by atoms with van der Waals surface area (Å²) in [7, 11) is -9.44. The standard InChI is InChI=1S/C25H45N5O8SSi2/c1-15-12-30(22(32)29-19(15)31)20-18(37-41(10,11)24(5,6)7)25(16(28-21(26)27)14-39(33,34)38-25)17(36-20)13-35-40(8,9)23(2,3)4/h12,14,17-18,20H,13H2,1-11H3,(H4,26,27,28)(H,29,31,32)/t17-,18+,20-,25-/m1/s1. The van der Waals surface area contributed by atoms with Crippen molar-refractivity contribution in [3.63, 3.8) is 0 Å². The molecule has 0 aliphatic carbocycles. The Labute approximate surface area is 243 Å². The minimum absolute atomic E-state index is 0.103. The van der Waals surface area contributed by atoms with Gasteiger partial charge in [0.1, 0.15) is 12.2 Å². The zero-order chi connectivity index (χ0) is 31.6. The molecule has 5 N–H and O–H groups in total. The Morgan fingerprint density at radius 1 is 1.10 bits per heavy atom. The Morgan fingerprint density at radius 2 is 1.66 bits per heavy atom. The van der Waals surface area contributed by atoms with Crippen LogP contribution in [0.2, 0.25) is 36.3 Å². The van der Waals surface area contributed by atoms with E-state index in [2.05, 4.69) is 30.7 Å². The van der Waals surface area contributed by atoms with Crippen LogP contribution in [-0.4, -0.2) is 65.0 Å². The quantitative estimate of drug-likeness (QED) is 0.174. The molecule has 1 spiro atoms. The van der Waals surface area contributed by atoms with Crippen molar-refractivity contribution in [2.24, 2.45) is 16.5 Å². The van der Waals surface area contributed by atoms with Gasteiger partial charge in [0.15, 0.2) is 34.4 Å². The number of ether oxygens (including phenoxy) is 1. The van der Waals surface area contributed by atoms with Crippen molar-refractivity contribution in [2.45, 2.75) is 109 Å². The molecule has 0 aromatic carbocycles. The van der Waals surface area contributed by atoms with Gasteiger partial charge in [0.25, 0.3) is 15.7 Å². The molecule has 0 saturated carbocycles. The molecule has 1 fully saturated rings. The summed E-state index contributed by atoms with van der Waals surface area (Å²) >= 11 is 0. The summed E-state index contributed by atoms with van der Waals surface area (Å²) in [5.74, 6) is -0.396. The number of hydrogen-bond donors (Lipinski definition) is 3. The summed E-state index contributed by atoms with van der Waals surface area (Å²) < 4.78 is 53.1. The van der Waals surface area contributed by atoms with E-state index in [0.717, 1.165) is 5.41 Å². The Hall–Kier alpha value is -2.09. The van der Waals surface area contributed by atoms with Crippen molar-refractivity contribution in [1.29, 1.82) is 0 Å². The minimum Gasteiger partial charge on any atom is -0.414 e. The van der Waals surface area contributed by atoms with Crippen LogP contribution in [0.25, 0.3) is 0 Å². The lowest BCUT2D eigenvalue weighted by Crippen LogP contribution is -2.58. The Bertz CT molecular complexity index is 1470. The molecule has 0 amide bonds. The van der Waals surface area contributed by atoms with E-state index in [4.69, 9.17) is 29.2 Å². The average Bonchev–Trinajstić information content (AvgIpc) is 3.20. The molecule has 41 heavy (non-hydrogen) atoms. The summed E-state index contributed by atoms with van der Waals surface area (Å²) in [5, 5.41) is 0.335. The van der Waals surface area contributed by atoms with Gasteiger partial charge in [0.05, 0.1) is 17.7 Å². The van der Waals surface area contributed by atoms with Gasteiger partial charge in [-0.2, -0.15) is 8.42 Å². The van der Waals surface area contributed by atoms with Crippen molar-refractivity contribution >= 4 is 32.7 Å². The number of hydrogen-bond acceptors (Lipinski definition) is 9. The molecule has 1 aromatic rings. The number of aliphatic imine (C=N–C) groups is 1. The maximum Gasteiger partial charge on any atom is 0.330 e. The van der Waals surface area contributed by atoms with Gasteiger partial charge in [-0.05, 0) is 43.2 Å². The van der Waals surface area contributed by atoms with Crippen LogP contribution >= 0.6 is 0 Å². The van der Waals surface area contributed by atoms with Crippen LogP contribution in [0.3, 0.4) is 0 Å². The molecular formula is C25H45N5O8SSi2. The summed E-state index contributed by atoms with van der Waals surface area (Å²) in [6.45, 7) is 21.8. The molecule has 3 rings (SSSR count). The number of rotatable bonds is 7. The first kappa shape index (κ1) is 33.4. The zero-order valence-electron chi connectivity index (χ0n) is 25.8. The zero-order valence-corrected chi connectivity index (χ0v) is 28.6. The molecule has 16 heteroatoms. The van der Waals surface area contributed by atoms with Crippen molar-refractivity contribution in [1.82, 2.24) is 9.55 Å². The fraction of sp³-hybridized carbons (Fsp3) is 0.720. The fourth-order valence-corrected chi connectivity index (χ4v) is 7.69. The molecule has 1 aromatic heterocycles. The topological polar surface area (TPSA) is 190 Å². The number of nitrogens with zero attached hydrogens (tertiary/aromatic N) is 2. The van der Waals surface area contributed by atoms with E-state index in [0.29, 0.717) is 0 Å². The van der Waals surface area contributed by atoms with Crippen LogP contribution in [0, 0.1) is 6.92 Å². The first-order valence-electron chi connectivity index (χ1n) is 13.4. The second-order valence-electron chi connectivity index (χ2n) is 13.8. The van der Waals surface area contributed by atoms with E-state index >= 15 is 0 Å². The van der Waals surface area contributed by atoms with Gasteiger partial charge < -0.3 is 25.1 Å². The molecule has 0 bridgehead atoms. The molecule has 3 heterocycles. The molecule has 232 valence electrons. The first-order chi connectivity index (χ1) is 18.3. The monoisotopic (exact) mass is 631 g/mol. The maximum absolute atomic E-state index is 13.2. The van der Waals surface area contributed by atoms with E-state index in [1.54, 1.807) is 6.92 Å². The lowest BCUT2D eigenvalue weighted by molar-refractivity contribution is -0.0562. The van der Waals surface area contributed by atoms with Crippen LogP contribution in [0.15, 0.2) is 31.9 Å². The lowest BCUT2D eigenvalue weighted by Gasteiger charge is -2.43. The fourth-order valence-electron chi connectivity index (χ4n) is 4.18. The molecule has 13 nitrogen and oxygen atoms in total. The molecule has 0 unspecified atom stereocenters. The van der Waals surface area contributed by atoms with Crippen molar-refractivity contribution in [3.8, 4) is 0 Å². The van der Waals surface area contributed by atoms with Crippen molar-refractivity contribution in [2.75, 3.05) is 6.61 Å². The van der Waals surface area contributed by atoms with Crippen LogP contribution in [0.4, 0.5) is 0 Å². The van der Waals surface area contributed by atoms with E-state index in [9.17, 15) is 18.0 Å². The van der Waals surface area contributed by atoms with E-state index in [-0.39, 0.29) is 27.9 Å². The van der Waals surface area contributed by atoms with Gasteiger partial charge in [0.2, 0.25) is 0 Å². The second kappa shape index (κ2) is 10.6. The van der Waals surface area contributed by atoms with Gasteiger partial charge in [-0.1, -0.05) is 41.5 Å². The van der Waals surface area contributed by atoms with Gasteiger partial charge in [-0.25, -0.2) is 14.0 Å². The highest BCUT2D eigenvalue weighted by Gasteiger charge is 2.68. The predicted octanol–water partition coefficient (Wildman–Crippen LogP) is 2.37. The number of nitrogens with two attached hydrogens (primary N) is 2. The molecule has 4 atom stereocenters. The van der Waals surface area contributed by atoms with Gasteiger partial charge in [0, 0.05) is 11.8 Å². The van der Waals surface area contributed by atoms with Gasteiger partial charge in [-0.3, -0.25) is 14.3 Å². The van der Waals surface area contributed by atoms with Crippen LogP contribution < -0.4 is 22.7 Å². The van der Waals surface area contributed by atoms with Gasteiger partial charge >= 0.3 is 5.69 Å². The molecule has 2 aliphatic heterocycles. The van der Waals surface area contributed by atoms with Crippen molar-refractivity contribution in [3.05, 3.63) is 43.7 Å². The molecule has 1 saturated heterocycles. The highest BCUT2D eigenvalue weighted by atomic mass is 32.2. The summed E-state index contributed by atoms with van der Waals surface area (Å²) in [6.07, 6.45) is -2.23. The van der Waals surface area contributed by atoms with Crippen LogP contribution in [-0.2, 0) is 27.9 Å². The summed E-state index contributed by atoms with van der Waals surface area (Å²) in [4.78, 5) is 31.8. The second-order valence-corrected chi connectivity index (χ2v) is 24.7. The molecular weight excluding hydrogens is 587 g/mol. The summed E-state index contributed by atoms with van der Waals surface area (Å²) in [6, 6.07) is 0. The smallest absolute Gasteiger partial charge is 0.330 e. The van der Waals surface area contributed by atoms with E-state index < -0.39 is 68.0 Å². The highest BCUT2D eigenvalue weighted by molar-refractivity contribution is 7.90. The normalized spacial score (nSPS) is 26.8. The number of aryl methyl sites for hydroxylation is 1. The molecule has 0 radical (unpaired) electrons. The van der Waals surface area contributed by atoms with Gasteiger partial charge in [-0.15, -0.1) is 0 Å². The van der Waals surface area contributed by atoms with Crippen LogP contribution in [0.1, 0.15) is 53.3 Å². The number of aromatic nitrogens is 2. The first-order valence-corrected chi connectivity index (χ1v) is 20.7. The third kappa shape index (κ3) is 6.33. The predicted molar refractivity (Wildman–Crippen MR) is 162 cm³/mol. The third-order valence-electron chi connectivity index (χ3n) is 8.67. The maximum atomic E-state index is 13.2. The summed E-state index contributed by atoms with van der Waals surface area (Å²) in [5.41, 5.74) is 8.40. The SMILES string of the molecule is Cc1cn([C@@H]2O[C@H](CO[Si](C)(C)C(C)(C)C)[C@@]3(OS(=O)(=O)C=C3N=C(N)N)[C@H]2O[Si](C)(C)C(C)(C)C)c(=O)[nH]c1=O. The van der Waals surface area contributed by atoms with Crippen molar-refractivity contribution < 1.29 is 26.2 Å². The largest absolute Gasteiger partial charge is 0.414 e. The van der Waals surface area contributed by atoms with E-state index in [1.165, 1.54) is 10.8 Å².